The van der Waals surface area contributed by atoms with Gasteiger partial charge in [-0.3, -0.25) is 4.79 Å². The molecule has 3 heteroatoms. The first kappa shape index (κ1) is 10.7. The summed E-state index contributed by atoms with van der Waals surface area (Å²) in [6.07, 6.45) is 7.46. The Bertz CT molecular complexity index is 270. The van der Waals surface area contributed by atoms with Gasteiger partial charge in [0.05, 0.1) is 6.10 Å². The molecule has 0 saturated heterocycles. The first-order valence-electron chi connectivity index (χ1n) is 5.84. The second-order valence-corrected chi connectivity index (χ2v) is 4.44. The lowest BCUT2D eigenvalue weighted by Gasteiger charge is -2.29. The highest BCUT2D eigenvalue weighted by Crippen LogP contribution is 2.26. The number of aliphatic hydroxyl groups is 1. The molecule has 2 atom stereocenters. The minimum absolute atomic E-state index is 0.0871. The van der Waals surface area contributed by atoms with Crippen LogP contribution in [-0.2, 0) is 9.53 Å². The van der Waals surface area contributed by atoms with E-state index in [-0.39, 0.29) is 18.0 Å². The Morgan fingerprint density at radius 2 is 2.00 bits per heavy atom. The van der Waals surface area contributed by atoms with Gasteiger partial charge in [0.1, 0.15) is 11.9 Å². The third-order valence-electron chi connectivity index (χ3n) is 3.14. The van der Waals surface area contributed by atoms with Crippen molar-refractivity contribution in [2.75, 3.05) is 0 Å². The van der Waals surface area contributed by atoms with Crippen LogP contribution in [0.2, 0.25) is 0 Å². The molecule has 0 radical (unpaired) electrons. The van der Waals surface area contributed by atoms with Gasteiger partial charge in [-0.2, -0.15) is 0 Å². The highest BCUT2D eigenvalue weighted by atomic mass is 16.5. The van der Waals surface area contributed by atoms with Crippen LogP contribution in [0, 0.1) is 0 Å². The first-order chi connectivity index (χ1) is 7.25. The predicted octanol–water partition coefficient (Wildman–Crippen LogP) is 1.94. The van der Waals surface area contributed by atoms with E-state index in [4.69, 9.17) is 4.74 Å². The lowest BCUT2D eigenvalue weighted by Crippen LogP contribution is -2.32. The Morgan fingerprint density at radius 3 is 2.73 bits per heavy atom. The van der Waals surface area contributed by atoms with Crippen LogP contribution in [0.25, 0.3) is 0 Å². The van der Waals surface area contributed by atoms with Gasteiger partial charge >= 0.3 is 0 Å². The average Bonchev–Trinajstić information content (AvgIpc) is 2.22. The van der Waals surface area contributed by atoms with Crippen molar-refractivity contribution in [1.29, 1.82) is 0 Å². The van der Waals surface area contributed by atoms with Crippen molar-refractivity contribution in [3.63, 3.8) is 0 Å². The molecule has 15 heavy (non-hydrogen) atoms. The van der Waals surface area contributed by atoms with E-state index in [2.05, 4.69) is 0 Å². The van der Waals surface area contributed by atoms with E-state index in [9.17, 15) is 9.90 Å². The Labute approximate surface area is 90.1 Å². The van der Waals surface area contributed by atoms with Crippen LogP contribution < -0.4 is 0 Å². The Kier molecular flexibility index (Phi) is 3.41. The third-order valence-corrected chi connectivity index (χ3v) is 3.14. The second kappa shape index (κ2) is 4.79. The van der Waals surface area contributed by atoms with Crippen LogP contribution in [0.15, 0.2) is 11.8 Å². The molecule has 2 unspecified atom stereocenters. The smallest absolute Gasteiger partial charge is 0.159 e. The lowest BCUT2D eigenvalue weighted by molar-refractivity contribution is -0.115. The molecule has 3 nitrogen and oxygen atoms in total. The number of carbonyl (C=O) groups is 1. The van der Waals surface area contributed by atoms with E-state index >= 15 is 0 Å². The van der Waals surface area contributed by atoms with Crippen molar-refractivity contribution < 1.29 is 14.6 Å². The van der Waals surface area contributed by atoms with Gasteiger partial charge in [-0.15, -0.1) is 0 Å². The van der Waals surface area contributed by atoms with Crippen molar-refractivity contribution in [3.05, 3.63) is 11.8 Å². The van der Waals surface area contributed by atoms with Gasteiger partial charge in [0.2, 0.25) is 0 Å². The Hall–Kier alpha value is -0.830. The normalized spacial score (nSPS) is 32.3. The summed E-state index contributed by atoms with van der Waals surface area (Å²) in [7, 11) is 0. The average molecular weight is 210 g/mol. The fourth-order valence-corrected chi connectivity index (χ4v) is 2.26. The Balaban J connectivity index is 1.92. The van der Waals surface area contributed by atoms with Crippen molar-refractivity contribution in [2.45, 2.75) is 57.2 Å². The summed E-state index contributed by atoms with van der Waals surface area (Å²) in [5.74, 6) is 0.929. The van der Waals surface area contributed by atoms with Crippen LogP contribution >= 0.6 is 0 Å². The molecule has 0 aromatic heterocycles. The molecular weight excluding hydrogens is 192 g/mol. The van der Waals surface area contributed by atoms with E-state index in [1.165, 1.54) is 0 Å². The van der Waals surface area contributed by atoms with E-state index in [0.29, 0.717) is 6.42 Å². The van der Waals surface area contributed by atoms with Crippen LogP contribution in [0.3, 0.4) is 0 Å². The van der Waals surface area contributed by atoms with Gasteiger partial charge in [-0.05, 0) is 25.7 Å². The van der Waals surface area contributed by atoms with Crippen molar-refractivity contribution in [3.8, 4) is 0 Å². The number of allylic oxidation sites excluding steroid dienone is 2. The fraction of sp³-hybridized carbons (Fsp3) is 0.750. The molecule has 0 spiro atoms. The highest BCUT2D eigenvalue weighted by molar-refractivity contribution is 5.90. The summed E-state index contributed by atoms with van der Waals surface area (Å²) >= 11 is 0. The molecule has 2 aliphatic rings. The minimum Gasteiger partial charge on any atom is -0.492 e. The quantitative estimate of drug-likeness (QED) is 0.757. The van der Waals surface area contributed by atoms with Gasteiger partial charge in [0.25, 0.3) is 0 Å². The van der Waals surface area contributed by atoms with Gasteiger partial charge in [-0.1, -0.05) is 6.42 Å². The summed E-state index contributed by atoms with van der Waals surface area (Å²) in [4.78, 5) is 11.2. The topological polar surface area (TPSA) is 46.5 Å². The van der Waals surface area contributed by atoms with Crippen LogP contribution in [0.5, 0.6) is 0 Å². The first-order valence-corrected chi connectivity index (χ1v) is 5.84. The molecule has 84 valence electrons. The molecule has 0 heterocycles. The fourth-order valence-electron chi connectivity index (χ4n) is 2.26. The largest absolute Gasteiger partial charge is 0.492 e. The number of rotatable bonds is 2. The number of hydrogen-bond donors (Lipinski definition) is 1. The number of hydrogen-bond acceptors (Lipinski definition) is 3. The van der Waals surface area contributed by atoms with Gasteiger partial charge in [-0.25, -0.2) is 0 Å². The minimum atomic E-state index is -0.350. The number of ketones is 1. The number of ether oxygens (including phenoxy) is 1. The molecule has 0 aromatic rings. The molecule has 1 N–H and O–H groups in total. The van der Waals surface area contributed by atoms with Crippen molar-refractivity contribution >= 4 is 5.78 Å². The third kappa shape index (κ3) is 2.81. The molecule has 0 aliphatic heterocycles. The monoisotopic (exact) mass is 210 g/mol. The van der Waals surface area contributed by atoms with Gasteiger partial charge in [0, 0.05) is 18.9 Å². The summed E-state index contributed by atoms with van der Waals surface area (Å²) in [5, 5.41) is 9.73. The summed E-state index contributed by atoms with van der Waals surface area (Å²) < 4.78 is 5.71. The number of aliphatic hydroxyl groups excluding tert-OH is 1. The maximum absolute atomic E-state index is 11.2. The SMILES string of the molecule is O=C1C=C(OC2CCCCC2O)CCC1. The molecule has 2 aliphatic carbocycles. The van der Waals surface area contributed by atoms with Crippen molar-refractivity contribution in [2.24, 2.45) is 0 Å². The summed E-state index contributed by atoms with van der Waals surface area (Å²) in [6.45, 7) is 0. The lowest BCUT2D eigenvalue weighted by atomic mass is 9.94. The zero-order valence-electron chi connectivity index (χ0n) is 8.95. The molecule has 0 bridgehead atoms. The molecule has 2 rings (SSSR count). The zero-order chi connectivity index (χ0) is 10.7. The maximum Gasteiger partial charge on any atom is 0.159 e. The van der Waals surface area contributed by atoms with Gasteiger partial charge < -0.3 is 9.84 Å². The summed E-state index contributed by atoms with van der Waals surface area (Å²) in [5.41, 5.74) is 0. The molecule has 0 aromatic carbocycles. The molecular formula is C12H18O3. The molecule has 1 saturated carbocycles. The van der Waals surface area contributed by atoms with E-state index in [1.54, 1.807) is 6.08 Å². The molecule has 1 fully saturated rings. The van der Waals surface area contributed by atoms with Crippen LogP contribution in [-0.4, -0.2) is 23.1 Å². The van der Waals surface area contributed by atoms with E-state index < -0.39 is 0 Å². The molecule has 0 amide bonds. The maximum atomic E-state index is 11.2. The van der Waals surface area contributed by atoms with Crippen LogP contribution in [0.4, 0.5) is 0 Å². The standard InChI is InChI=1S/C12H18O3/c13-9-4-3-5-10(8-9)15-12-7-2-1-6-11(12)14/h8,11-12,14H,1-7H2. The zero-order valence-corrected chi connectivity index (χ0v) is 8.95. The highest BCUT2D eigenvalue weighted by Gasteiger charge is 2.26. The van der Waals surface area contributed by atoms with Crippen molar-refractivity contribution in [1.82, 2.24) is 0 Å². The van der Waals surface area contributed by atoms with E-state index in [0.717, 1.165) is 44.3 Å². The van der Waals surface area contributed by atoms with Gasteiger partial charge in [0.15, 0.2) is 5.78 Å². The van der Waals surface area contributed by atoms with Crippen LogP contribution in [0.1, 0.15) is 44.9 Å². The summed E-state index contributed by atoms with van der Waals surface area (Å²) in [6, 6.07) is 0. The Morgan fingerprint density at radius 1 is 1.20 bits per heavy atom. The number of carbonyl (C=O) groups excluding carboxylic acids is 1. The second-order valence-electron chi connectivity index (χ2n) is 4.44. The predicted molar refractivity (Wildman–Crippen MR) is 56.3 cm³/mol. The van der Waals surface area contributed by atoms with E-state index in [1.807, 2.05) is 0 Å².